The van der Waals surface area contributed by atoms with Crippen molar-refractivity contribution in [2.24, 2.45) is 0 Å². The van der Waals surface area contributed by atoms with Crippen LogP contribution in [0.4, 0.5) is 5.82 Å². The predicted octanol–water partition coefficient (Wildman–Crippen LogP) is 1.36. The van der Waals surface area contributed by atoms with E-state index in [0.717, 1.165) is 17.9 Å². The zero-order valence-corrected chi connectivity index (χ0v) is 11.3. The van der Waals surface area contributed by atoms with Gasteiger partial charge in [0.1, 0.15) is 5.82 Å². The lowest BCUT2D eigenvalue weighted by molar-refractivity contribution is 0.755. The lowest BCUT2D eigenvalue weighted by atomic mass is 10.2. The number of fused-ring (bicyclic) bond motifs is 1. The number of anilines is 1. The lowest BCUT2D eigenvalue weighted by Crippen LogP contribution is -2.19. The molecule has 0 spiro atoms. The third-order valence-corrected chi connectivity index (χ3v) is 3.50. The Labute approximate surface area is 109 Å². The summed E-state index contributed by atoms with van der Waals surface area (Å²) in [7, 11) is 0. The van der Waals surface area contributed by atoms with E-state index in [1.807, 2.05) is 17.8 Å². The second kappa shape index (κ2) is 5.90. The molecule has 1 unspecified atom stereocenters. The van der Waals surface area contributed by atoms with Crippen LogP contribution in [0, 0.1) is 0 Å². The number of rotatable bonds is 6. The number of nitrogens with one attached hydrogen (secondary N) is 2. The molecule has 0 aliphatic heterocycles. The summed E-state index contributed by atoms with van der Waals surface area (Å²) < 4.78 is 1.26. The van der Waals surface area contributed by atoms with Gasteiger partial charge in [-0.05, 0) is 37.0 Å². The molecule has 2 heterocycles. The average molecular weight is 267 g/mol. The fourth-order valence-corrected chi connectivity index (χ4v) is 2.42. The second-order valence-electron chi connectivity index (χ2n) is 4.05. The normalized spacial score (nSPS) is 12.8. The Morgan fingerprint density at radius 3 is 3.17 bits per heavy atom. The van der Waals surface area contributed by atoms with Crippen LogP contribution in [-0.4, -0.2) is 37.4 Å². The largest absolute Gasteiger partial charge is 0.366 e. The van der Waals surface area contributed by atoms with Crippen molar-refractivity contribution < 1.29 is 0 Å². The maximum atomic E-state index is 11.4. The van der Waals surface area contributed by atoms with Gasteiger partial charge in [0.25, 0.3) is 0 Å². The number of thioether (sulfide) groups is 1. The fourth-order valence-electron chi connectivity index (χ4n) is 1.61. The molecular formula is C11H17N5OS. The summed E-state index contributed by atoms with van der Waals surface area (Å²) in [4.78, 5) is 11.4. The van der Waals surface area contributed by atoms with Crippen molar-refractivity contribution in [1.82, 2.24) is 19.8 Å². The standard InChI is InChI=1S/C11H17N5OS/c1-3-18-7-6-8(2)12-9-4-5-10-13-14-11(17)16(10)15-9/h4-5,8H,3,6-7H2,1-2H3,(H,12,15)(H,14,17). The Kier molecular flexibility index (Phi) is 4.24. The summed E-state index contributed by atoms with van der Waals surface area (Å²) >= 11 is 1.92. The van der Waals surface area contributed by atoms with Gasteiger partial charge in [-0.15, -0.1) is 5.10 Å². The van der Waals surface area contributed by atoms with E-state index in [0.29, 0.717) is 17.5 Å². The molecule has 0 bridgehead atoms. The van der Waals surface area contributed by atoms with E-state index in [1.165, 1.54) is 4.52 Å². The molecule has 2 rings (SSSR count). The molecule has 0 fully saturated rings. The van der Waals surface area contributed by atoms with Crippen molar-refractivity contribution in [1.29, 1.82) is 0 Å². The molecule has 2 aromatic heterocycles. The zero-order valence-electron chi connectivity index (χ0n) is 10.5. The minimum absolute atomic E-state index is 0.317. The third kappa shape index (κ3) is 3.04. The number of aromatic amines is 1. The first-order valence-electron chi connectivity index (χ1n) is 5.99. The maximum Gasteiger partial charge on any atom is 0.364 e. The van der Waals surface area contributed by atoms with E-state index in [2.05, 4.69) is 34.5 Å². The Bertz CT molecular complexity index is 564. The average Bonchev–Trinajstić information content (AvgIpc) is 2.71. The Morgan fingerprint density at radius 1 is 1.56 bits per heavy atom. The van der Waals surface area contributed by atoms with E-state index < -0.39 is 0 Å². The van der Waals surface area contributed by atoms with Gasteiger partial charge in [-0.25, -0.2) is 9.89 Å². The van der Waals surface area contributed by atoms with Crippen molar-refractivity contribution in [2.45, 2.75) is 26.3 Å². The quantitative estimate of drug-likeness (QED) is 0.773. The Morgan fingerprint density at radius 2 is 2.39 bits per heavy atom. The summed E-state index contributed by atoms with van der Waals surface area (Å²) in [5, 5.41) is 13.7. The number of H-pyrrole nitrogens is 1. The molecule has 0 saturated carbocycles. The summed E-state index contributed by atoms with van der Waals surface area (Å²) in [6.07, 6.45) is 1.07. The Hall–Kier alpha value is -1.50. The molecule has 18 heavy (non-hydrogen) atoms. The van der Waals surface area contributed by atoms with E-state index in [9.17, 15) is 4.79 Å². The van der Waals surface area contributed by atoms with Crippen LogP contribution in [0.25, 0.3) is 5.65 Å². The molecule has 0 amide bonds. The van der Waals surface area contributed by atoms with Crippen LogP contribution >= 0.6 is 11.8 Å². The molecule has 6 nitrogen and oxygen atoms in total. The molecule has 2 aromatic rings. The molecule has 0 aliphatic carbocycles. The van der Waals surface area contributed by atoms with Crippen LogP contribution in [-0.2, 0) is 0 Å². The fraction of sp³-hybridized carbons (Fsp3) is 0.545. The van der Waals surface area contributed by atoms with Gasteiger partial charge in [-0.3, -0.25) is 0 Å². The van der Waals surface area contributed by atoms with Crippen molar-refractivity contribution >= 4 is 23.2 Å². The minimum atomic E-state index is -0.317. The molecule has 0 aliphatic rings. The minimum Gasteiger partial charge on any atom is -0.366 e. The smallest absolute Gasteiger partial charge is 0.364 e. The van der Waals surface area contributed by atoms with Crippen molar-refractivity contribution in [3.63, 3.8) is 0 Å². The molecule has 98 valence electrons. The number of nitrogens with zero attached hydrogens (tertiary/aromatic N) is 3. The number of aromatic nitrogens is 4. The predicted molar refractivity (Wildman–Crippen MR) is 74.3 cm³/mol. The zero-order chi connectivity index (χ0) is 13.0. The molecule has 0 radical (unpaired) electrons. The molecule has 2 N–H and O–H groups in total. The molecule has 1 atom stereocenters. The maximum absolute atomic E-state index is 11.4. The summed E-state index contributed by atoms with van der Waals surface area (Å²) in [6.45, 7) is 4.27. The van der Waals surface area contributed by atoms with E-state index in [4.69, 9.17) is 0 Å². The van der Waals surface area contributed by atoms with Crippen molar-refractivity contribution in [2.75, 3.05) is 16.8 Å². The van der Waals surface area contributed by atoms with Gasteiger partial charge < -0.3 is 5.32 Å². The van der Waals surface area contributed by atoms with Gasteiger partial charge in [0.05, 0.1) is 0 Å². The highest BCUT2D eigenvalue weighted by molar-refractivity contribution is 7.99. The molecule has 7 heteroatoms. The highest BCUT2D eigenvalue weighted by atomic mass is 32.2. The van der Waals surface area contributed by atoms with E-state index >= 15 is 0 Å². The second-order valence-corrected chi connectivity index (χ2v) is 5.44. The third-order valence-electron chi connectivity index (χ3n) is 2.57. The van der Waals surface area contributed by atoms with Crippen LogP contribution < -0.4 is 11.0 Å². The van der Waals surface area contributed by atoms with Crippen molar-refractivity contribution in [3.8, 4) is 0 Å². The first kappa shape index (κ1) is 12.9. The van der Waals surface area contributed by atoms with Gasteiger partial charge in [0, 0.05) is 6.04 Å². The highest BCUT2D eigenvalue weighted by Crippen LogP contribution is 2.09. The first-order chi connectivity index (χ1) is 8.70. The molecular weight excluding hydrogens is 250 g/mol. The Balaban J connectivity index is 2.02. The van der Waals surface area contributed by atoms with Gasteiger partial charge >= 0.3 is 5.69 Å². The highest BCUT2D eigenvalue weighted by Gasteiger charge is 2.06. The van der Waals surface area contributed by atoms with Gasteiger partial charge in [0.15, 0.2) is 5.65 Å². The number of hydrogen-bond acceptors (Lipinski definition) is 5. The van der Waals surface area contributed by atoms with Crippen LogP contribution in [0.1, 0.15) is 20.3 Å². The lowest BCUT2D eigenvalue weighted by Gasteiger charge is -2.13. The summed E-state index contributed by atoms with van der Waals surface area (Å²) in [6, 6.07) is 3.93. The molecule has 0 aromatic carbocycles. The molecule has 0 saturated heterocycles. The van der Waals surface area contributed by atoms with Crippen LogP contribution in [0.3, 0.4) is 0 Å². The van der Waals surface area contributed by atoms with E-state index in [-0.39, 0.29) is 5.69 Å². The summed E-state index contributed by atoms with van der Waals surface area (Å²) in [5.74, 6) is 2.96. The van der Waals surface area contributed by atoms with E-state index in [1.54, 1.807) is 6.07 Å². The van der Waals surface area contributed by atoms with Crippen molar-refractivity contribution in [3.05, 3.63) is 22.6 Å². The first-order valence-corrected chi connectivity index (χ1v) is 7.15. The number of hydrogen-bond donors (Lipinski definition) is 2. The van der Waals surface area contributed by atoms with Gasteiger partial charge in [-0.2, -0.15) is 21.4 Å². The van der Waals surface area contributed by atoms with Crippen LogP contribution in [0.5, 0.6) is 0 Å². The van der Waals surface area contributed by atoms with Gasteiger partial charge in [0.2, 0.25) is 0 Å². The topological polar surface area (TPSA) is 75.1 Å². The summed E-state index contributed by atoms with van der Waals surface area (Å²) in [5.41, 5.74) is 0.211. The van der Waals surface area contributed by atoms with Gasteiger partial charge in [-0.1, -0.05) is 6.92 Å². The monoisotopic (exact) mass is 267 g/mol. The van der Waals surface area contributed by atoms with Crippen LogP contribution in [0.15, 0.2) is 16.9 Å². The SMILES string of the molecule is CCSCCC(C)Nc1ccc2n[nH]c(=O)n2n1. The van der Waals surface area contributed by atoms with Crippen LogP contribution in [0.2, 0.25) is 0 Å².